The molecule has 0 fully saturated rings. The van der Waals surface area contributed by atoms with Gasteiger partial charge in [0.2, 0.25) is 0 Å². The van der Waals surface area contributed by atoms with Crippen LogP contribution in [0.2, 0.25) is 0 Å². The highest BCUT2D eigenvalue weighted by Gasteiger charge is 2.35. The molecule has 0 amide bonds. The molecule has 2 aromatic carbocycles. The Morgan fingerprint density at radius 1 is 0.640 bits per heavy atom. The number of pyridine rings is 2. The molecule has 4 aromatic rings. The van der Waals surface area contributed by atoms with E-state index in [0.29, 0.717) is 11.8 Å². The van der Waals surface area contributed by atoms with Crippen molar-refractivity contribution in [2.75, 3.05) is 0 Å². The van der Waals surface area contributed by atoms with Gasteiger partial charge in [0.05, 0.1) is 11.0 Å². The smallest absolute Gasteiger partial charge is 0.0705 e. The van der Waals surface area contributed by atoms with Crippen molar-refractivity contribution in [1.29, 1.82) is 0 Å². The quantitative estimate of drug-likeness (QED) is 0.447. The van der Waals surface area contributed by atoms with Gasteiger partial charge in [0.1, 0.15) is 0 Å². The fraction of sp³-hybridized carbons (Fsp3) is 0.217. The van der Waals surface area contributed by atoms with Crippen LogP contribution in [0.1, 0.15) is 40.8 Å². The number of benzene rings is 2. The van der Waals surface area contributed by atoms with Crippen molar-refractivity contribution in [2.45, 2.75) is 31.1 Å². The molecule has 2 nitrogen and oxygen atoms in total. The second-order valence-corrected chi connectivity index (χ2v) is 7.47. The molecule has 0 saturated carbocycles. The fourth-order valence-electron chi connectivity index (χ4n) is 4.83. The molecule has 0 saturated heterocycles. The third-order valence-electron chi connectivity index (χ3n) is 6.00. The Morgan fingerprint density at radius 2 is 1.12 bits per heavy atom. The van der Waals surface area contributed by atoms with E-state index >= 15 is 0 Å². The van der Waals surface area contributed by atoms with Crippen molar-refractivity contribution in [3.63, 3.8) is 0 Å². The summed E-state index contributed by atoms with van der Waals surface area (Å²) in [6, 6.07) is 21.7. The first-order valence-corrected chi connectivity index (χ1v) is 9.12. The van der Waals surface area contributed by atoms with Crippen LogP contribution < -0.4 is 0 Å². The molecular weight excluding hydrogens is 304 g/mol. The summed E-state index contributed by atoms with van der Waals surface area (Å²) in [6.07, 6.45) is 3.33. The van der Waals surface area contributed by atoms with Gasteiger partial charge in [0.25, 0.3) is 0 Å². The molecule has 0 aliphatic heterocycles. The van der Waals surface area contributed by atoms with Gasteiger partial charge in [-0.1, -0.05) is 36.4 Å². The van der Waals surface area contributed by atoms with Crippen molar-refractivity contribution >= 4 is 21.8 Å². The van der Waals surface area contributed by atoms with E-state index in [1.807, 2.05) is 0 Å². The highest BCUT2D eigenvalue weighted by Crippen LogP contribution is 2.47. The number of hydrogen-bond acceptors (Lipinski definition) is 2. The van der Waals surface area contributed by atoms with Crippen molar-refractivity contribution in [3.05, 3.63) is 83.2 Å². The van der Waals surface area contributed by atoms with E-state index in [1.54, 1.807) is 0 Å². The number of aromatic nitrogens is 2. The molecular formula is C23H18N2. The molecule has 2 bridgehead atoms. The van der Waals surface area contributed by atoms with E-state index in [4.69, 9.17) is 9.97 Å². The molecule has 2 heteroatoms. The average Bonchev–Trinajstić information content (AvgIpc) is 2.65. The van der Waals surface area contributed by atoms with E-state index in [0.717, 1.165) is 23.9 Å². The summed E-state index contributed by atoms with van der Waals surface area (Å²) in [4.78, 5) is 10.0. The van der Waals surface area contributed by atoms with Gasteiger partial charge < -0.3 is 0 Å². The zero-order valence-electron chi connectivity index (χ0n) is 13.9. The summed E-state index contributed by atoms with van der Waals surface area (Å²) < 4.78 is 0. The molecule has 6 rings (SSSR count). The predicted octanol–water partition coefficient (Wildman–Crippen LogP) is 5.15. The number of nitrogens with zero attached hydrogens (tertiary/aromatic N) is 2. The third-order valence-corrected chi connectivity index (χ3v) is 6.00. The number of para-hydroxylation sites is 2. The van der Waals surface area contributed by atoms with Crippen LogP contribution >= 0.6 is 0 Å². The van der Waals surface area contributed by atoms with Crippen LogP contribution in [0.15, 0.2) is 60.7 Å². The standard InChI is InChI=1S/C23H18N2/c1-3-7-20-14(5-1)10-18-16-9-17(13-22(18)24-20)19-11-15-6-2-4-8-21(15)25-23(19)12-16/h1-8,10-11,16-17H,9,12-13H2/t16-,17-/m0/s1. The van der Waals surface area contributed by atoms with Crippen LogP contribution in [0.25, 0.3) is 21.8 Å². The summed E-state index contributed by atoms with van der Waals surface area (Å²) in [5, 5.41) is 2.52. The molecule has 120 valence electrons. The topological polar surface area (TPSA) is 25.8 Å². The lowest BCUT2D eigenvalue weighted by Crippen LogP contribution is -2.26. The maximum Gasteiger partial charge on any atom is 0.0705 e. The van der Waals surface area contributed by atoms with Crippen LogP contribution in [-0.2, 0) is 12.8 Å². The minimum absolute atomic E-state index is 0.562. The molecule has 0 spiro atoms. The molecule has 0 unspecified atom stereocenters. The Balaban J connectivity index is 1.54. The molecule has 0 N–H and O–H groups in total. The lowest BCUT2D eigenvalue weighted by molar-refractivity contribution is 0.447. The van der Waals surface area contributed by atoms with Crippen molar-refractivity contribution in [1.82, 2.24) is 9.97 Å². The zero-order chi connectivity index (χ0) is 16.4. The van der Waals surface area contributed by atoms with E-state index in [-0.39, 0.29) is 0 Å². The molecule has 0 radical (unpaired) electrons. The van der Waals surface area contributed by atoms with Crippen molar-refractivity contribution in [3.8, 4) is 0 Å². The summed E-state index contributed by atoms with van der Waals surface area (Å²) in [5.74, 6) is 1.12. The Labute approximate surface area is 146 Å². The van der Waals surface area contributed by atoms with E-state index in [9.17, 15) is 0 Å². The SMILES string of the molecule is c1ccc2nc3c(cc2c1)[C@@H]1Cc2nc4ccccc4cc2[C@H](C3)C1. The lowest BCUT2D eigenvalue weighted by Gasteiger charge is -2.37. The Morgan fingerprint density at radius 3 is 1.64 bits per heavy atom. The monoisotopic (exact) mass is 322 g/mol. The van der Waals surface area contributed by atoms with Crippen LogP contribution in [0, 0.1) is 0 Å². The summed E-state index contributed by atoms with van der Waals surface area (Å²) in [5.41, 5.74) is 7.76. The predicted molar refractivity (Wildman–Crippen MR) is 101 cm³/mol. The number of rotatable bonds is 0. The maximum atomic E-state index is 5.01. The first kappa shape index (κ1) is 13.5. The van der Waals surface area contributed by atoms with Crippen LogP contribution in [0.5, 0.6) is 0 Å². The molecule has 2 heterocycles. The van der Waals surface area contributed by atoms with Crippen molar-refractivity contribution < 1.29 is 0 Å². The van der Waals surface area contributed by atoms with E-state index in [1.165, 1.54) is 39.7 Å². The van der Waals surface area contributed by atoms with Gasteiger partial charge in [-0.3, -0.25) is 9.97 Å². The second-order valence-electron chi connectivity index (χ2n) is 7.47. The summed E-state index contributed by atoms with van der Waals surface area (Å²) in [7, 11) is 0. The Hall–Kier alpha value is -2.74. The minimum Gasteiger partial charge on any atom is -0.253 e. The van der Waals surface area contributed by atoms with Gasteiger partial charge in [-0.2, -0.15) is 0 Å². The first-order chi connectivity index (χ1) is 12.3. The second kappa shape index (κ2) is 4.89. The van der Waals surface area contributed by atoms with Gasteiger partial charge in [-0.25, -0.2) is 0 Å². The Bertz CT molecular complexity index is 1050. The molecule has 2 aliphatic carbocycles. The normalized spacial score (nSPS) is 21.1. The lowest BCUT2D eigenvalue weighted by atomic mass is 9.69. The molecule has 25 heavy (non-hydrogen) atoms. The van der Waals surface area contributed by atoms with Gasteiger partial charge in [-0.05, 0) is 66.5 Å². The largest absolute Gasteiger partial charge is 0.253 e. The summed E-state index contributed by atoms with van der Waals surface area (Å²) >= 11 is 0. The first-order valence-electron chi connectivity index (χ1n) is 9.12. The van der Waals surface area contributed by atoms with E-state index < -0.39 is 0 Å². The van der Waals surface area contributed by atoms with Gasteiger partial charge in [-0.15, -0.1) is 0 Å². The average molecular weight is 322 g/mol. The van der Waals surface area contributed by atoms with Crippen LogP contribution in [0.4, 0.5) is 0 Å². The molecule has 2 atom stereocenters. The zero-order valence-corrected chi connectivity index (χ0v) is 13.9. The van der Waals surface area contributed by atoms with Crippen LogP contribution in [0.3, 0.4) is 0 Å². The van der Waals surface area contributed by atoms with Crippen LogP contribution in [-0.4, -0.2) is 9.97 Å². The number of fused-ring (bicyclic) bond motifs is 8. The molecule has 2 aromatic heterocycles. The molecule has 2 aliphatic rings. The Kier molecular flexibility index (Phi) is 2.65. The highest BCUT2D eigenvalue weighted by molar-refractivity contribution is 5.81. The fourth-order valence-corrected chi connectivity index (χ4v) is 4.83. The highest BCUT2D eigenvalue weighted by atomic mass is 14.7. The van der Waals surface area contributed by atoms with Gasteiger partial charge in [0.15, 0.2) is 0 Å². The van der Waals surface area contributed by atoms with Gasteiger partial charge in [0, 0.05) is 22.2 Å². The van der Waals surface area contributed by atoms with Crippen molar-refractivity contribution in [2.24, 2.45) is 0 Å². The minimum atomic E-state index is 0.562. The van der Waals surface area contributed by atoms with E-state index in [2.05, 4.69) is 60.7 Å². The van der Waals surface area contributed by atoms with Gasteiger partial charge >= 0.3 is 0 Å². The third kappa shape index (κ3) is 1.97. The summed E-state index contributed by atoms with van der Waals surface area (Å²) in [6.45, 7) is 0. The number of hydrogen-bond donors (Lipinski definition) is 0. The maximum absolute atomic E-state index is 5.01.